The Bertz CT molecular complexity index is 897. The highest BCUT2D eigenvalue weighted by molar-refractivity contribution is 5.97. The number of nitrogens with one attached hydrogen (secondary N) is 2. The van der Waals surface area contributed by atoms with Gasteiger partial charge in [0, 0.05) is 12.3 Å². The van der Waals surface area contributed by atoms with Crippen LogP contribution in [0, 0.1) is 10.1 Å². The Morgan fingerprint density at radius 3 is 2.65 bits per heavy atom. The highest BCUT2D eigenvalue weighted by Crippen LogP contribution is 2.38. The van der Waals surface area contributed by atoms with Gasteiger partial charge in [-0.25, -0.2) is 0 Å². The molecule has 132 valence electrons. The Hall–Kier alpha value is -3.95. The fraction of sp³-hybridized carbons (Fsp3) is 0.0625. The molecule has 2 N–H and O–H groups in total. The van der Waals surface area contributed by atoms with E-state index >= 15 is 0 Å². The Morgan fingerprint density at radius 2 is 1.96 bits per heavy atom. The largest absolute Gasteiger partial charge is 0.454 e. The number of carbonyl (C=O) groups is 2. The predicted octanol–water partition coefficient (Wildman–Crippen LogP) is 1.19. The standard InChI is InChI=1S/C16H12N4O6/c21-15(18-19-16(22)11-3-1-2-6-17-11)5-4-10-7-13-14(26-9-25-13)8-12(10)20(23)24/h1-8H,9H2,(H,18,21)(H,19,22)/b5-4+. The van der Waals surface area contributed by atoms with Crippen molar-refractivity contribution in [1.29, 1.82) is 0 Å². The molecule has 26 heavy (non-hydrogen) atoms. The van der Waals surface area contributed by atoms with Crippen LogP contribution < -0.4 is 20.3 Å². The fourth-order valence-electron chi connectivity index (χ4n) is 2.13. The summed E-state index contributed by atoms with van der Waals surface area (Å²) < 4.78 is 10.3. The van der Waals surface area contributed by atoms with Crippen LogP contribution in [-0.4, -0.2) is 28.5 Å². The summed E-state index contributed by atoms with van der Waals surface area (Å²) >= 11 is 0. The summed E-state index contributed by atoms with van der Waals surface area (Å²) in [6, 6.07) is 7.38. The number of carbonyl (C=O) groups excluding carboxylic acids is 2. The van der Waals surface area contributed by atoms with Crippen LogP contribution in [0.3, 0.4) is 0 Å². The lowest BCUT2D eigenvalue weighted by Crippen LogP contribution is -2.41. The molecule has 10 nitrogen and oxygen atoms in total. The SMILES string of the molecule is O=C(/C=C/c1cc2c(cc1[N+](=O)[O-])OCO2)NNC(=O)c1ccccn1. The first kappa shape index (κ1) is 16.9. The molecule has 0 saturated heterocycles. The number of hydrazine groups is 1. The van der Waals surface area contributed by atoms with E-state index in [1.165, 1.54) is 30.5 Å². The van der Waals surface area contributed by atoms with Crippen molar-refractivity contribution in [2.75, 3.05) is 6.79 Å². The second-order valence-corrected chi connectivity index (χ2v) is 5.01. The fourth-order valence-corrected chi connectivity index (χ4v) is 2.13. The minimum atomic E-state index is -0.679. The smallest absolute Gasteiger partial charge is 0.288 e. The number of nitro groups is 1. The number of hydrogen-bond donors (Lipinski definition) is 2. The Kier molecular flexibility index (Phi) is 4.74. The minimum Gasteiger partial charge on any atom is -0.454 e. The molecule has 0 unspecified atom stereocenters. The maximum Gasteiger partial charge on any atom is 0.288 e. The molecule has 10 heteroatoms. The first-order chi connectivity index (χ1) is 12.5. The van der Waals surface area contributed by atoms with E-state index in [-0.39, 0.29) is 29.5 Å². The Morgan fingerprint density at radius 1 is 1.19 bits per heavy atom. The van der Waals surface area contributed by atoms with Gasteiger partial charge in [-0.3, -0.25) is 35.5 Å². The van der Waals surface area contributed by atoms with Gasteiger partial charge in [-0.15, -0.1) is 0 Å². The molecule has 0 saturated carbocycles. The zero-order valence-corrected chi connectivity index (χ0v) is 13.2. The molecule has 1 aliphatic heterocycles. The number of ether oxygens (including phenoxy) is 2. The van der Waals surface area contributed by atoms with Gasteiger partial charge in [-0.2, -0.15) is 0 Å². The van der Waals surface area contributed by atoms with Gasteiger partial charge in [0.05, 0.1) is 16.6 Å². The van der Waals surface area contributed by atoms with Crippen molar-refractivity contribution in [1.82, 2.24) is 15.8 Å². The molecule has 3 rings (SSSR count). The number of amides is 2. The summed E-state index contributed by atoms with van der Waals surface area (Å²) in [5.41, 5.74) is 4.39. The van der Waals surface area contributed by atoms with Gasteiger partial charge in [0.2, 0.25) is 6.79 Å². The van der Waals surface area contributed by atoms with E-state index in [9.17, 15) is 19.7 Å². The molecule has 1 aromatic carbocycles. The van der Waals surface area contributed by atoms with E-state index in [0.29, 0.717) is 5.75 Å². The van der Waals surface area contributed by atoms with Crippen LogP contribution in [0.15, 0.2) is 42.6 Å². The van der Waals surface area contributed by atoms with Crippen LogP contribution in [-0.2, 0) is 4.79 Å². The van der Waals surface area contributed by atoms with E-state index in [1.807, 2.05) is 0 Å². The van der Waals surface area contributed by atoms with Gasteiger partial charge >= 0.3 is 0 Å². The Balaban J connectivity index is 1.67. The number of rotatable bonds is 4. The first-order valence-electron chi connectivity index (χ1n) is 7.32. The van der Waals surface area contributed by atoms with Crippen LogP contribution >= 0.6 is 0 Å². The summed E-state index contributed by atoms with van der Waals surface area (Å²) in [4.78, 5) is 38.0. The zero-order valence-electron chi connectivity index (χ0n) is 13.2. The van der Waals surface area contributed by atoms with Gasteiger partial charge in [0.15, 0.2) is 11.5 Å². The number of hydrogen-bond acceptors (Lipinski definition) is 7. The number of aromatic nitrogens is 1. The van der Waals surface area contributed by atoms with Crippen molar-refractivity contribution in [3.63, 3.8) is 0 Å². The van der Waals surface area contributed by atoms with E-state index < -0.39 is 16.7 Å². The van der Waals surface area contributed by atoms with Gasteiger partial charge in [0.1, 0.15) is 5.69 Å². The molecule has 0 aliphatic carbocycles. The number of nitrogens with zero attached hydrogens (tertiary/aromatic N) is 2. The maximum absolute atomic E-state index is 11.8. The second-order valence-electron chi connectivity index (χ2n) is 5.01. The molecule has 1 aromatic heterocycles. The van der Waals surface area contributed by atoms with Crippen molar-refractivity contribution in [3.05, 3.63) is 64.0 Å². The third kappa shape index (κ3) is 3.75. The molecule has 1 aliphatic rings. The molecule has 2 amide bonds. The average molecular weight is 356 g/mol. The zero-order chi connectivity index (χ0) is 18.5. The lowest BCUT2D eigenvalue weighted by Gasteiger charge is -2.04. The van der Waals surface area contributed by atoms with Gasteiger partial charge in [0.25, 0.3) is 17.5 Å². The molecule has 0 radical (unpaired) electrons. The number of benzene rings is 1. The lowest BCUT2D eigenvalue weighted by atomic mass is 10.1. The van der Waals surface area contributed by atoms with Gasteiger partial charge in [-0.1, -0.05) is 6.07 Å². The summed E-state index contributed by atoms with van der Waals surface area (Å²) in [5.74, 6) is -0.664. The average Bonchev–Trinajstić information content (AvgIpc) is 3.11. The van der Waals surface area contributed by atoms with Crippen molar-refractivity contribution < 1.29 is 24.0 Å². The van der Waals surface area contributed by atoms with Crippen LogP contribution in [0.5, 0.6) is 11.5 Å². The predicted molar refractivity (Wildman–Crippen MR) is 88.1 cm³/mol. The highest BCUT2D eigenvalue weighted by atomic mass is 16.7. The highest BCUT2D eigenvalue weighted by Gasteiger charge is 2.22. The summed E-state index contributed by atoms with van der Waals surface area (Å²) in [5, 5.41) is 11.1. The molecule has 0 bridgehead atoms. The van der Waals surface area contributed by atoms with Gasteiger partial charge < -0.3 is 9.47 Å². The van der Waals surface area contributed by atoms with Gasteiger partial charge in [-0.05, 0) is 24.3 Å². The molecular formula is C16H12N4O6. The minimum absolute atomic E-state index is 0.0281. The number of pyridine rings is 1. The molecule has 0 atom stereocenters. The second kappa shape index (κ2) is 7.30. The van der Waals surface area contributed by atoms with Crippen molar-refractivity contribution in [2.24, 2.45) is 0 Å². The van der Waals surface area contributed by atoms with Crippen LogP contribution in [0.25, 0.3) is 6.08 Å². The van der Waals surface area contributed by atoms with E-state index in [4.69, 9.17) is 9.47 Å². The Labute approximate surface area is 146 Å². The molecular weight excluding hydrogens is 344 g/mol. The summed E-state index contributed by atoms with van der Waals surface area (Å²) in [7, 11) is 0. The molecule has 2 heterocycles. The molecule has 0 spiro atoms. The monoisotopic (exact) mass is 356 g/mol. The van der Waals surface area contributed by atoms with E-state index in [1.54, 1.807) is 12.1 Å². The quantitative estimate of drug-likeness (QED) is 0.477. The van der Waals surface area contributed by atoms with Crippen LogP contribution in [0.4, 0.5) is 5.69 Å². The summed E-state index contributed by atoms with van der Waals surface area (Å²) in [6.45, 7) is -0.0281. The molecule has 0 fully saturated rings. The van der Waals surface area contributed by atoms with E-state index in [0.717, 1.165) is 6.08 Å². The topological polar surface area (TPSA) is 133 Å². The normalized spacial score (nSPS) is 12.0. The van der Waals surface area contributed by atoms with Crippen molar-refractivity contribution in [2.45, 2.75) is 0 Å². The molecule has 2 aromatic rings. The summed E-state index contributed by atoms with van der Waals surface area (Å²) in [6.07, 6.45) is 3.72. The van der Waals surface area contributed by atoms with Crippen molar-refractivity contribution in [3.8, 4) is 11.5 Å². The third-order valence-corrected chi connectivity index (χ3v) is 3.33. The lowest BCUT2D eigenvalue weighted by molar-refractivity contribution is -0.385. The number of fused-ring (bicyclic) bond motifs is 1. The first-order valence-corrected chi connectivity index (χ1v) is 7.32. The van der Waals surface area contributed by atoms with Crippen molar-refractivity contribution >= 4 is 23.6 Å². The van der Waals surface area contributed by atoms with Crippen LogP contribution in [0.2, 0.25) is 0 Å². The third-order valence-electron chi connectivity index (χ3n) is 3.33. The number of nitro benzene ring substituents is 1. The van der Waals surface area contributed by atoms with E-state index in [2.05, 4.69) is 15.8 Å². The maximum atomic E-state index is 11.8. The van der Waals surface area contributed by atoms with Crippen LogP contribution in [0.1, 0.15) is 16.1 Å².